The zero-order chi connectivity index (χ0) is 38.2. The molecule has 0 spiro atoms. The minimum atomic E-state index is 0.207. The lowest BCUT2D eigenvalue weighted by Crippen LogP contribution is -2.12. The molecule has 0 saturated carbocycles. The lowest BCUT2D eigenvalue weighted by molar-refractivity contribution is 0.667. The second kappa shape index (κ2) is 13.2. The number of hydrogen-bond acceptors (Lipinski definition) is 5. The molecule has 0 aliphatic heterocycles. The van der Waals surface area contributed by atoms with Crippen LogP contribution in [0.1, 0.15) is 22.6 Å². The first-order chi connectivity index (χ1) is 28.7. The SMILES string of the molecule is c1ccc(-c2cc(-c3ccc(-c4nccc5sc6ccc(C7Cc8ccc9c(oc%10ccccc%109)c8-c8ccccc87)cc6c45)cc3)nc(-c3ccccc3)n2)cc1. The summed E-state index contributed by atoms with van der Waals surface area (Å²) < 4.78 is 9.07. The predicted molar refractivity (Wildman–Crippen MR) is 239 cm³/mol. The van der Waals surface area contributed by atoms with Gasteiger partial charge in [-0.2, -0.15) is 0 Å². The van der Waals surface area contributed by atoms with Crippen LogP contribution in [0.4, 0.5) is 0 Å². The molecule has 5 heteroatoms. The number of aromatic nitrogens is 3. The molecule has 0 amide bonds. The summed E-state index contributed by atoms with van der Waals surface area (Å²) in [7, 11) is 0. The van der Waals surface area contributed by atoms with E-state index >= 15 is 0 Å². The largest absolute Gasteiger partial charge is 0.455 e. The third-order valence-corrected chi connectivity index (χ3v) is 12.9. The first-order valence-corrected chi connectivity index (χ1v) is 20.5. The van der Waals surface area contributed by atoms with E-state index in [0.29, 0.717) is 5.82 Å². The van der Waals surface area contributed by atoms with Gasteiger partial charge in [-0.25, -0.2) is 9.97 Å². The maximum absolute atomic E-state index is 6.57. The molecule has 0 radical (unpaired) electrons. The number of para-hydroxylation sites is 1. The third kappa shape index (κ3) is 5.32. The van der Waals surface area contributed by atoms with Crippen LogP contribution in [-0.2, 0) is 6.42 Å². The fraction of sp³-hybridized carbons (Fsp3) is 0.0377. The molecule has 11 aromatic rings. The van der Waals surface area contributed by atoms with Gasteiger partial charge in [0.15, 0.2) is 5.82 Å². The number of nitrogens with zero attached hydrogens (tertiary/aromatic N) is 3. The Morgan fingerprint density at radius 2 is 1.24 bits per heavy atom. The van der Waals surface area contributed by atoms with Crippen molar-refractivity contribution in [3.05, 3.63) is 199 Å². The van der Waals surface area contributed by atoms with Gasteiger partial charge in [-0.1, -0.05) is 146 Å². The Balaban J connectivity index is 0.945. The number of benzene rings is 7. The van der Waals surface area contributed by atoms with Crippen molar-refractivity contribution >= 4 is 53.4 Å². The smallest absolute Gasteiger partial charge is 0.160 e. The summed E-state index contributed by atoms with van der Waals surface area (Å²) >= 11 is 1.83. The third-order valence-electron chi connectivity index (χ3n) is 11.8. The number of furan rings is 1. The van der Waals surface area contributed by atoms with E-state index < -0.39 is 0 Å². The average molecular weight is 760 g/mol. The molecule has 12 rings (SSSR count). The molecular formula is C53H33N3OS. The van der Waals surface area contributed by atoms with Crippen molar-refractivity contribution in [3.63, 3.8) is 0 Å². The second-order valence-corrected chi connectivity index (χ2v) is 16.2. The van der Waals surface area contributed by atoms with Crippen LogP contribution in [0.2, 0.25) is 0 Å². The summed E-state index contributed by atoms with van der Waals surface area (Å²) in [5.74, 6) is 0.915. The molecule has 7 aromatic carbocycles. The zero-order valence-corrected chi connectivity index (χ0v) is 32.1. The number of fused-ring (bicyclic) bond motifs is 10. The molecular weight excluding hydrogens is 727 g/mol. The Hall–Kier alpha value is -7.21. The highest BCUT2D eigenvalue weighted by atomic mass is 32.1. The van der Waals surface area contributed by atoms with Gasteiger partial charge in [-0.3, -0.25) is 4.98 Å². The summed E-state index contributed by atoms with van der Waals surface area (Å²) in [5.41, 5.74) is 15.3. The Morgan fingerprint density at radius 1 is 0.534 bits per heavy atom. The van der Waals surface area contributed by atoms with Gasteiger partial charge in [-0.05, 0) is 59.0 Å². The quantitative estimate of drug-likeness (QED) is 0.175. The topological polar surface area (TPSA) is 51.8 Å². The second-order valence-electron chi connectivity index (χ2n) is 15.1. The molecule has 0 fully saturated rings. The van der Waals surface area contributed by atoms with Crippen LogP contribution >= 0.6 is 11.3 Å². The van der Waals surface area contributed by atoms with Gasteiger partial charge in [0.25, 0.3) is 0 Å². The van der Waals surface area contributed by atoms with Crippen LogP contribution in [0.5, 0.6) is 0 Å². The molecule has 0 N–H and O–H groups in total. The van der Waals surface area contributed by atoms with E-state index in [-0.39, 0.29) is 5.92 Å². The summed E-state index contributed by atoms with van der Waals surface area (Å²) in [6.45, 7) is 0. The maximum atomic E-state index is 6.57. The Morgan fingerprint density at radius 3 is 2.07 bits per heavy atom. The summed E-state index contributed by atoms with van der Waals surface area (Å²) in [5, 5.41) is 4.78. The summed E-state index contributed by atoms with van der Waals surface area (Å²) in [4.78, 5) is 15.1. The standard InChI is InChI=1S/C53H33N3OS/c1-3-11-32(12-4-1)44-31-45(56-53(55-44)35-13-5-2-6-14-35)33-19-21-34(22-20-33)51-50-43-29-36(24-26-47(43)58-48(50)27-28-54-51)42-30-37-23-25-41-39-16-9-10-18-46(39)57-52(41)49(37)40-17-8-7-15-38(40)42/h1-29,31,42H,30H2. The molecule has 1 aliphatic rings. The first-order valence-electron chi connectivity index (χ1n) is 19.7. The van der Waals surface area contributed by atoms with Crippen LogP contribution in [0, 0.1) is 0 Å². The molecule has 58 heavy (non-hydrogen) atoms. The van der Waals surface area contributed by atoms with Gasteiger partial charge in [-0.15, -0.1) is 11.3 Å². The van der Waals surface area contributed by atoms with Gasteiger partial charge >= 0.3 is 0 Å². The molecule has 0 saturated heterocycles. The van der Waals surface area contributed by atoms with Gasteiger partial charge in [0.05, 0.1) is 17.1 Å². The van der Waals surface area contributed by atoms with Gasteiger partial charge in [0, 0.05) is 70.9 Å². The number of pyridine rings is 1. The monoisotopic (exact) mass is 759 g/mol. The van der Waals surface area contributed by atoms with Crippen LogP contribution < -0.4 is 0 Å². The van der Waals surface area contributed by atoms with E-state index in [4.69, 9.17) is 19.4 Å². The molecule has 4 aromatic heterocycles. The van der Waals surface area contributed by atoms with Crippen molar-refractivity contribution in [3.8, 4) is 56.3 Å². The molecule has 4 nitrogen and oxygen atoms in total. The van der Waals surface area contributed by atoms with Gasteiger partial charge in [0.1, 0.15) is 11.2 Å². The van der Waals surface area contributed by atoms with Crippen LogP contribution in [0.3, 0.4) is 0 Å². The van der Waals surface area contributed by atoms with Crippen molar-refractivity contribution in [2.24, 2.45) is 0 Å². The molecule has 1 unspecified atom stereocenters. The van der Waals surface area contributed by atoms with Crippen LogP contribution in [0.15, 0.2) is 187 Å². The first kappa shape index (κ1) is 33.0. The van der Waals surface area contributed by atoms with Gasteiger partial charge < -0.3 is 4.42 Å². The minimum absolute atomic E-state index is 0.207. The van der Waals surface area contributed by atoms with E-state index in [1.165, 1.54) is 53.4 Å². The highest BCUT2D eigenvalue weighted by Crippen LogP contribution is 2.49. The maximum Gasteiger partial charge on any atom is 0.160 e. The van der Waals surface area contributed by atoms with E-state index in [1.807, 2.05) is 60.0 Å². The van der Waals surface area contributed by atoms with E-state index in [0.717, 1.165) is 62.3 Å². The van der Waals surface area contributed by atoms with Crippen molar-refractivity contribution in [2.45, 2.75) is 12.3 Å². The predicted octanol–water partition coefficient (Wildman–Crippen LogP) is 14.2. The van der Waals surface area contributed by atoms with E-state index in [9.17, 15) is 0 Å². The van der Waals surface area contributed by atoms with Crippen molar-refractivity contribution < 1.29 is 4.42 Å². The Kier molecular flexibility index (Phi) is 7.50. The zero-order valence-electron chi connectivity index (χ0n) is 31.3. The normalized spacial score (nSPS) is 13.6. The average Bonchev–Trinajstić information content (AvgIpc) is 3.87. The van der Waals surface area contributed by atoms with Crippen molar-refractivity contribution in [1.82, 2.24) is 15.0 Å². The minimum Gasteiger partial charge on any atom is -0.455 e. The number of thiophene rings is 1. The molecule has 1 atom stereocenters. The highest BCUT2D eigenvalue weighted by molar-refractivity contribution is 7.25. The lowest BCUT2D eigenvalue weighted by atomic mass is 9.75. The van der Waals surface area contributed by atoms with E-state index in [1.54, 1.807) is 0 Å². The van der Waals surface area contributed by atoms with Gasteiger partial charge in [0.2, 0.25) is 0 Å². The van der Waals surface area contributed by atoms with Crippen molar-refractivity contribution in [2.75, 3.05) is 0 Å². The molecule has 0 bridgehead atoms. The molecule has 272 valence electrons. The number of rotatable bonds is 5. The molecule has 4 heterocycles. The summed E-state index contributed by atoms with van der Waals surface area (Å²) in [6.07, 6.45) is 2.85. The Bertz CT molecular complexity index is 3310. The Labute approximate surface area is 338 Å². The number of hydrogen-bond donors (Lipinski definition) is 0. The van der Waals surface area contributed by atoms with Crippen LogP contribution in [-0.4, -0.2) is 15.0 Å². The fourth-order valence-corrected chi connectivity index (χ4v) is 10.1. The lowest BCUT2D eigenvalue weighted by Gasteiger charge is -2.28. The van der Waals surface area contributed by atoms with Crippen molar-refractivity contribution in [1.29, 1.82) is 0 Å². The summed E-state index contributed by atoms with van der Waals surface area (Å²) in [6, 6.07) is 62.3. The van der Waals surface area contributed by atoms with Crippen LogP contribution in [0.25, 0.3) is 98.4 Å². The van der Waals surface area contributed by atoms with E-state index in [2.05, 4.69) is 133 Å². The fourth-order valence-electron chi connectivity index (χ4n) is 8.99. The highest BCUT2D eigenvalue weighted by Gasteiger charge is 2.29. The molecule has 1 aliphatic carbocycles.